The number of carbonyl (C=O) groups is 2. The molecule has 0 aromatic heterocycles. The van der Waals surface area contributed by atoms with Gasteiger partial charge in [-0.15, -0.1) is 0 Å². The van der Waals surface area contributed by atoms with Gasteiger partial charge in [0, 0.05) is 5.92 Å². The van der Waals surface area contributed by atoms with Crippen LogP contribution in [-0.4, -0.2) is 41.5 Å². The van der Waals surface area contributed by atoms with Crippen LogP contribution in [0.15, 0.2) is 11.8 Å². The maximum absolute atomic E-state index is 12.0. The highest BCUT2D eigenvalue weighted by molar-refractivity contribution is 5.94. The molecule has 0 spiro atoms. The number of carbonyl (C=O) groups excluding carboxylic acids is 1. The number of nitrogens with one attached hydrogen (secondary N) is 1. The molecule has 0 aromatic rings. The lowest BCUT2D eigenvalue weighted by Gasteiger charge is -2.26. The van der Waals surface area contributed by atoms with E-state index >= 15 is 0 Å². The molecule has 1 aliphatic carbocycles. The van der Waals surface area contributed by atoms with E-state index in [0.29, 0.717) is 6.42 Å². The first-order valence-corrected chi connectivity index (χ1v) is 9.37. The van der Waals surface area contributed by atoms with Crippen LogP contribution >= 0.6 is 0 Å². The van der Waals surface area contributed by atoms with Crippen LogP contribution in [0.1, 0.15) is 65.2 Å². The van der Waals surface area contributed by atoms with E-state index in [-0.39, 0.29) is 22.9 Å². The van der Waals surface area contributed by atoms with E-state index < -0.39 is 5.97 Å². The normalized spacial score (nSPS) is 23.8. The zero-order valence-corrected chi connectivity index (χ0v) is 15.1. The first-order valence-electron chi connectivity index (χ1n) is 9.37. The highest BCUT2D eigenvalue weighted by Crippen LogP contribution is 2.51. The molecule has 0 bridgehead atoms. The predicted molar refractivity (Wildman–Crippen MR) is 94.5 cm³/mol. The number of aliphatic carboxylic acids is 1. The Morgan fingerprint density at radius 3 is 2.42 bits per heavy atom. The van der Waals surface area contributed by atoms with Crippen molar-refractivity contribution in [3.63, 3.8) is 0 Å². The van der Waals surface area contributed by atoms with Gasteiger partial charge in [0.1, 0.15) is 5.70 Å². The number of allylic oxidation sites excluding steroid dienone is 1. The molecule has 2 rings (SSSR count). The number of hydrogen-bond acceptors (Lipinski definition) is 3. The van der Waals surface area contributed by atoms with Gasteiger partial charge in [0.2, 0.25) is 5.91 Å². The number of unbranched alkanes of at least 4 members (excludes halogenated alkanes) is 3. The van der Waals surface area contributed by atoms with Gasteiger partial charge in [-0.05, 0) is 63.6 Å². The molecule has 2 N–H and O–H groups in total. The molecular formula is C19H32N2O3. The third kappa shape index (κ3) is 5.93. The van der Waals surface area contributed by atoms with E-state index in [1.54, 1.807) is 6.08 Å². The number of likely N-dealkylation sites (tertiary alicyclic amines) is 1. The fourth-order valence-corrected chi connectivity index (χ4v) is 3.41. The molecule has 1 saturated heterocycles. The van der Waals surface area contributed by atoms with Gasteiger partial charge < -0.3 is 15.3 Å². The Kier molecular flexibility index (Phi) is 6.84. The molecule has 24 heavy (non-hydrogen) atoms. The van der Waals surface area contributed by atoms with Crippen LogP contribution in [0.2, 0.25) is 0 Å². The van der Waals surface area contributed by atoms with Crippen molar-refractivity contribution in [3.8, 4) is 0 Å². The second-order valence-corrected chi connectivity index (χ2v) is 7.91. The minimum Gasteiger partial charge on any atom is -0.477 e. The Morgan fingerprint density at radius 2 is 1.83 bits per heavy atom. The van der Waals surface area contributed by atoms with E-state index in [0.717, 1.165) is 25.8 Å². The van der Waals surface area contributed by atoms with Crippen molar-refractivity contribution in [3.05, 3.63) is 11.8 Å². The molecule has 1 saturated carbocycles. The quantitative estimate of drug-likeness (QED) is 0.501. The molecule has 5 nitrogen and oxygen atoms in total. The smallest absolute Gasteiger partial charge is 0.352 e. The molecule has 1 heterocycles. The van der Waals surface area contributed by atoms with Gasteiger partial charge in [-0.1, -0.05) is 32.8 Å². The van der Waals surface area contributed by atoms with Crippen molar-refractivity contribution >= 4 is 11.9 Å². The van der Waals surface area contributed by atoms with Crippen molar-refractivity contribution < 1.29 is 14.7 Å². The van der Waals surface area contributed by atoms with Gasteiger partial charge in [0.05, 0.1) is 0 Å². The zero-order chi connectivity index (χ0) is 17.6. The summed E-state index contributed by atoms with van der Waals surface area (Å²) < 4.78 is 0. The lowest BCUT2D eigenvalue weighted by Crippen LogP contribution is -2.30. The molecule has 5 heteroatoms. The molecule has 136 valence electrons. The number of piperidine rings is 1. The van der Waals surface area contributed by atoms with E-state index in [1.165, 1.54) is 38.8 Å². The lowest BCUT2D eigenvalue weighted by atomic mass is 10.1. The Morgan fingerprint density at radius 1 is 1.17 bits per heavy atom. The number of amides is 1. The number of carboxylic acid groups (broad SMARTS) is 1. The van der Waals surface area contributed by atoms with Gasteiger partial charge >= 0.3 is 5.97 Å². The van der Waals surface area contributed by atoms with Crippen molar-refractivity contribution in [2.75, 3.05) is 19.6 Å². The molecule has 2 aliphatic rings. The highest BCUT2D eigenvalue weighted by atomic mass is 16.4. The van der Waals surface area contributed by atoms with Crippen LogP contribution in [-0.2, 0) is 9.59 Å². The zero-order valence-electron chi connectivity index (χ0n) is 15.1. The Hall–Kier alpha value is -1.36. The first-order chi connectivity index (χ1) is 11.4. The molecule has 0 aromatic carbocycles. The topological polar surface area (TPSA) is 69.6 Å². The SMILES string of the molecule is CC1(C)CC1C(=O)N/C(=C\CCCCCN1CCCCC1)C(=O)O. The van der Waals surface area contributed by atoms with E-state index in [4.69, 9.17) is 0 Å². The summed E-state index contributed by atoms with van der Waals surface area (Å²) >= 11 is 0. The summed E-state index contributed by atoms with van der Waals surface area (Å²) in [6.45, 7) is 7.68. The maximum Gasteiger partial charge on any atom is 0.352 e. The van der Waals surface area contributed by atoms with Crippen LogP contribution in [0, 0.1) is 11.3 Å². The molecule has 0 radical (unpaired) electrons. The number of hydrogen-bond donors (Lipinski definition) is 2. The Bertz CT molecular complexity index is 479. The Labute approximate surface area is 145 Å². The third-order valence-corrected chi connectivity index (χ3v) is 5.29. The average Bonchev–Trinajstić information content (AvgIpc) is 3.19. The molecule has 1 amide bonds. The fraction of sp³-hybridized carbons (Fsp3) is 0.789. The van der Waals surface area contributed by atoms with Crippen LogP contribution in [0.4, 0.5) is 0 Å². The molecule has 1 atom stereocenters. The van der Waals surface area contributed by atoms with Gasteiger partial charge in [-0.3, -0.25) is 4.79 Å². The second-order valence-electron chi connectivity index (χ2n) is 7.91. The van der Waals surface area contributed by atoms with Gasteiger partial charge in [-0.25, -0.2) is 4.79 Å². The van der Waals surface area contributed by atoms with E-state index in [9.17, 15) is 14.7 Å². The lowest BCUT2D eigenvalue weighted by molar-refractivity contribution is -0.135. The summed E-state index contributed by atoms with van der Waals surface area (Å²) in [6, 6.07) is 0. The van der Waals surface area contributed by atoms with Gasteiger partial charge in [0.25, 0.3) is 0 Å². The molecule has 1 unspecified atom stereocenters. The summed E-state index contributed by atoms with van der Waals surface area (Å²) in [5, 5.41) is 11.8. The van der Waals surface area contributed by atoms with E-state index in [1.807, 2.05) is 13.8 Å². The molecule has 1 aliphatic heterocycles. The molecule has 2 fully saturated rings. The standard InChI is InChI=1S/C19H32N2O3/c1-19(2)14-15(19)17(22)20-16(18(23)24)10-6-3-4-7-11-21-12-8-5-9-13-21/h10,15H,3-9,11-14H2,1-2H3,(H,20,22)(H,23,24)/b16-10-. The molecular weight excluding hydrogens is 304 g/mol. The van der Waals surface area contributed by atoms with Gasteiger partial charge in [-0.2, -0.15) is 0 Å². The minimum absolute atomic E-state index is 0.0160. The van der Waals surface area contributed by atoms with Crippen molar-refractivity contribution in [2.45, 2.75) is 65.2 Å². The Balaban J connectivity index is 1.64. The number of carboxylic acids is 1. The average molecular weight is 336 g/mol. The minimum atomic E-state index is -1.05. The van der Waals surface area contributed by atoms with E-state index in [2.05, 4.69) is 10.2 Å². The first kappa shape index (κ1) is 19.0. The summed E-state index contributed by atoms with van der Waals surface area (Å²) in [4.78, 5) is 25.8. The van der Waals surface area contributed by atoms with Crippen LogP contribution in [0.3, 0.4) is 0 Å². The van der Waals surface area contributed by atoms with Crippen LogP contribution < -0.4 is 5.32 Å². The third-order valence-electron chi connectivity index (χ3n) is 5.29. The second kappa shape index (κ2) is 8.65. The van der Waals surface area contributed by atoms with Crippen molar-refractivity contribution in [1.82, 2.24) is 10.2 Å². The van der Waals surface area contributed by atoms with Crippen molar-refractivity contribution in [2.24, 2.45) is 11.3 Å². The largest absolute Gasteiger partial charge is 0.477 e. The summed E-state index contributed by atoms with van der Waals surface area (Å²) in [7, 11) is 0. The summed E-state index contributed by atoms with van der Waals surface area (Å²) in [6.07, 6.45) is 10.4. The van der Waals surface area contributed by atoms with Gasteiger partial charge in [0.15, 0.2) is 0 Å². The van der Waals surface area contributed by atoms with Crippen molar-refractivity contribution in [1.29, 1.82) is 0 Å². The fourth-order valence-electron chi connectivity index (χ4n) is 3.41. The maximum atomic E-state index is 12.0. The number of nitrogens with zero attached hydrogens (tertiary/aromatic N) is 1. The predicted octanol–water partition coefficient (Wildman–Crippen LogP) is 3.16. The highest BCUT2D eigenvalue weighted by Gasteiger charge is 2.50. The summed E-state index contributed by atoms with van der Waals surface area (Å²) in [5.74, 6) is -1.25. The summed E-state index contributed by atoms with van der Waals surface area (Å²) in [5.41, 5.74) is 0.0565. The van der Waals surface area contributed by atoms with Crippen LogP contribution in [0.25, 0.3) is 0 Å². The van der Waals surface area contributed by atoms with Crippen LogP contribution in [0.5, 0.6) is 0 Å². The number of rotatable bonds is 9. The monoisotopic (exact) mass is 336 g/mol.